The lowest BCUT2D eigenvalue weighted by atomic mass is 10.2. The largest absolute Gasteiger partial charge is 0.481 e. The van der Waals surface area contributed by atoms with Gasteiger partial charge in [0.2, 0.25) is 5.88 Å². The molecule has 0 aromatic carbocycles. The maximum Gasteiger partial charge on any atom is 0.218 e. The van der Waals surface area contributed by atoms with Gasteiger partial charge in [0, 0.05) is 12.1 Å². The molecule has 0 saturated heterocycles. The standard InChI is InChI=1S/C10H17N3O/c1-5-7(2)11-9-6-10(14-4)13-8(3)12-9/h6-7H,5H2,1-4H3,(H,11,12,13). The minimum absolute atomic E-state index is 0.411. The third-order valence-corrected chi connectivity index (χ3v) is 2.03. The Hall–Kier alpha value is -1.32. The van der Waals surface area contributed by atoms with Crippen LogP contribution in [0.4, 0.5) is 5.82 Å². The predicted molar refractivity (Wildman–Crippen MR) is 56.7 cm³/mol. The number of nitrogens with one attached hydrogen (secondary N) is 1. The van der Waals surface area contributed by atoms with E-state index >= 15 is 0 Å². The second kappa shape index (κ2) is 4.79. The topological polar surface area (TPSA) is 47.0 Å². The van der Waals surface area contributed by atoms with E-state index in [-0.39, 0.29) is 0 Å². The molecule has 1 atom stereocenters. The molecular weight excluding hydrogens is 178 g/mol. The van der Waals surface area contributed by atoms with E-state index in [4.69, 9.17) is 4.74 Å². The average Bonchev–Trinajstić information content (AvgIpc) is 2.16. The quantitative estimate of drug-likeness (QED) is 0.798. The Bertz CT molecular complexity index is 301. The Balaban J connectivity index is 2.81. The van der Waals surface area contributed by atoms with Crippen molar-refractivity contribution in [3.05, 3.63) is 11.9 Å². The van der Waals surface area contributed by atoms with E-state index in [2.05, 4.69) is 29.1 Å². The summed E-state index contributed by atoms with van der Waals surface area (Å²) in [7, 11) is 1.61. The molecule has 0 bridgehead atoms. The van der Waals surface area contributed by atoms with Crippen molar-refractivity contribution in [2.75, 3.05) is 12.4 Å². The number of ether oxygens (including phenoxy) is 1. The van der Waals surface area contributed by atoms with E-state index in [1.807, 2.05) is 6.92 Å². The molecule has 0 aliphatic rings. The highest BCUT2D eigenvalue weighted by Gasteiger charge is 2.03. The van der Waals surface area contributed by atoms with Gasteiger partial charge in [-0.3, -0.25) is 0 Å². The summed E-state index contributed by atoms with van der Waals surface area (Å²) in [6.45, 7) is 6.09. The Kier molecular flexibility index (Phi) is 3.68. The molecule has 0 amide bonds. The molecule has 1 rings (SSSR count). The van der Waals surface area contributed by atoms with Crippen molar-refractivity contribution in [1.29, 1.82) is 0 Å². The van der Waals surface area contributed by atoms with Gasteiger partial charge in [-0.05, 0) is 20.3 Å². The third kappa shape index (κ3) is 2.87. The predicted octanol–water partition coefficient (Wildman–Crippen LogP) is 2.00. The molecule has 0 aliphatic heterocycles. The Labute approximate surface area is 84.7 Å². The summed E-state index contributed by atoms with van der Waals surface area (Å²) in [5.74, 6) is 2.14. The maximum atomic E-state index is 5.06. The molecule has 0 fully saturated rings. The van der Waals surface area contributed by atoms with Gasteiger partial charge in [-0.2, -0.15) is 4.98 Å². The number of nitrogens with zero attached hydrogens (tertiary/aromatic N) is 2. The van der Waals surface area contributed by atoms with Crippen molar-refractivity contribution in [3.8, 4) is 5.88 Å². The fourth-order valence-electron chi connectivity index (χ4n) is 1.07. The number of methoxy groups -OCH3 is 1. The molecule has 0 saturated carbocycles. The third-order valence-electron chi connectivity index (χ3n) is 2.03. The summed E-state index contributed by atoms with van der Waals surface area (Å²) in [6, 6.07) is 2.22. The van der Waals surface area contributed by atoms with Crippen molar-refractivity contribution in [2.45, 2.75) is 33.2 Å². The van der Waals surface area contributed by atoms with E-state index in [9.17, 15) is 0 Å². The van der Waals surface area contributed by atoms with Crippen LogP contribution in [0.5, 0.6) is 5.88 Å². The Morgan fingerprint density at radius 1 is 1.50 bits per heavy atom. The zero-order valence-corrected chi connectivity index (χ0v) is 9.16. The van der Waals surface area contributed by atoms with Gasteiger partial charge in [0.25, 0.3) is 0 Å². The van der Waals surface area contributed by atoms with Gasteiger partial charge in [-0.25, -0.2) is 4.98 Å². The normalized spacial score (nSPS) is 12.3. The lowest BCUT2D eigenvalue weighted by Gasteiger charge is -2.12. The SMILES string of the molecule is CCC(C)Nc1cc(OC)nc(C)n1. The minimum atomic E-state index is 0.411. The summed E-state index contributed by atoms with van der Waals surface area (Å²) in [4.78, 5) is 8.38. The zero-order valence-electron chi connectivity index (χ0n) is 9.16. The molecule has 0 spiro atoms. The van der Waals surface area contributed by atoms with Gasteiger partial charge < -0.3 is 10.1 Å². The number of hydrogen-bond donors (Lipinski definition) is 1. The first kappa shape index (κ1) is 10.8. The van der Waals surface area contributed by atoms with Crippen LogP contribution in [0, 0.1) is 6.92 Å². The number of anilines is 1. The van der Waals surface area contributed by atoms with E-state index in [1.54, 1.807) is 13.2 Å². The fourth-order valence-corrected chi connectivity index (χ4v) is 1.07. The molecule has 0 radical (unpaired) electrons. The van der Waals surface area contributed by atoms with E-state index in [0.29, 0.717) is 11.9 Å². The van der Waals surface area contributed by atoms with E-state index < -0.39 is 0 Å². The molecule has 4 heteroatoms. The highest BCUT2D eigenvalue weighted by Crippen LogP contribution is 2.13. The highest BCUT2D eigenvalue weighted by atomic mass is 16.5. The van der Waals surface area contributed by atoms with Gasteiger partial charge in [-0.1, -0.05) is 6.92 Å². The smallest absolute Gasteiger partial charge is 0.218 e. The van der Waals surface area contributed by atoms with Gasteiger partial charge in [0.1, 0.15) is 11.6 Å². The van der Waals surface area contributed by atoms with Crippen LogP contribution in [0.25, 0.3) is 0 Å². The Morgan fingerprint density at radius 2 is 2.21 bits per heavy atom. The van der Waals surface area contributed by atoms with Crippen LogP contribution >= 0.6 is 0 Å². The molecule has 1 N–H and O–H groups in total. The van der Waals surface area contributed by atoms with Crippen LogP contribution in [0.15, 0.2) is 6.07 Å². The maximum absolute atomic E-state index is 5.06. The molecular formula is C10H17N3O. The Morgan fingerprint density at radius 3 is 2.79 bits per heavy atom. The summed E-state index contributed by atoms with van der Waals surface area (Å²) in [5, 5.41) is 3.28. The van der Waals surface area contributed by atoms with E-state index in [1.165, 1.54) is 0 Å². The number of hydrogen-bond acceptors (Lipinski definition) is 4. The van der Waals surface area contributed by atoms with Crippen LogP contribution < -0.4 is 10.1 Å². The van der Waals surface area contributed by atoms with Gasteiger partial charge in [0.05, 0.1) is 7.11 Å². The van der Waals surface area contributed by atoms with Crippen LogP contribution in [-0.4, -0.2) is 23.1 Å². The van der Waals surface area contributed by atoms with Crippen LogP contribution in [0.3, 0.4) is 0 Å². The first-order chi connectivity index (χ1) is 6.65. The van der Waals surface area contributed by atoms with Crippen LogP contribution in [0.2, 0.25) is 0 Å². The first-order valence-electron chi connectivity index (χ1n) is 4.82. The van der Waals surface area contributed by atoms with Gasteiger partial charge in [-0.15, -0.1) is 0 Å². The first-order valence-corrected chi connectivity index (χ1v) is 4.82. The minimum Gasteiger partial charge on any atom is -0.481 e. The molecule has 1 unspecified atom stereocenters. The summed E-state index contributed by atoms with van der Waals surface area (Å²) >= 11 is 0. The van der Waals surface area contributed by atoms with Crippen molar-refractivity contribution >= 4 is 5.82 Å². The molecule has 78 valence electrons. The van der Waals surface area contributed by atoms with E-state index in [0.717, 1.165) is 18.1 Å². The second-order valence-electron chi connectivity index (χ2n) is 3.30. The lowest BCUT2D eigenvalue weighted by molar-refractivity contribution is 0.396. The number of aromatic nitrogens is 2. The zero-order chi connectivity index (χ0) is 10.6. The monoisotopic (exact) mass is 195 g/mol. The van der Waals surface area contributed by atoms with Crippen LogP contribution in [-0.2, 0) is 0 Å². The average molecular weight is 195 g/mol. The summed E-state index contributed by atoms with van der Waals surface area (Å²) < 4.78 is 5.06. The molecule has 0 aliphatic carbocycles. The van der Waals surface area contributed by atoms with Crippen LogP contribution in [0.1, 0.15) is 26.1 Å². The van der Waals surface area contributed by atoms with Crippen molar-refractivity contribution in [2.24, 2.45) is 0 Å². The van der Waals surface area contributed by atoms with Crippen molar-refractivity contribution in [1.82, 2.24) is 9.97 Å². The molecule has 4 nitrogen and oxygen atoms in total. The van der Waals surface area contributed by atoms with Crippen molar-refractivity contribution in [3.63, 3.8) is 0 Å². The second-order valence-corrected chi connectivity index (χ2v) is 3.30. The molecule has 14 heavy (non-hydrogen) atoms. The number of aryl methyl sites for hydroxylation is 1. The summed E-state index contributed by atoms with van der Waals surface area (Å²) in [5.41, 5.74) is 0. The number of rotatable bonds is 4. The van der Waals surface area contributed by atoms with Gasteiger partial charge in [0.15, 0.2) is 0 Å². The molecule has 1 aromatic heterocycles. The summed E-state index contributed by atoms with van der Waals surface area (Å²) in [6.07, 6.45) is 1.06. The lowest BCUT2D eigenvalue weighted by Crippen LogP contribution is -2.15. The highest BCUT2D eigenvalue weighted by molar-refractivity contribution is 5.39. The fraction of sp³-hybridized carbons (Fsp3) is 0.600. The van der Waals surface area contributed by atoms with Crippen molar-refractivity contribution < 1.29 is 4.74 Å². The molecule has 1 aromatic rings. The molecule has 1 heterocycles. The van der Waals surface area contributed by atoms with Gasteiger partial charge >= 0.3 is 0 Å².